The lowest BCUT2D eigenvalue weighted by Crippen LogP contribution is -2.35. The number of hydrogen-bond donors (Lipinski definition) is 1. The summed E-state index contributed by atoms with van der Waals surface area (Å²) in [7, 11) is 0. The van der Waals surface area contributed by atoms with Crippen LogP contribution in [0.25, 0.3) is 10.8 Å². The number of hydrogen-bond acceptors (Lipinski definition) is 2. The van der Waals surface area contributed by atoms with Crippen molar-refractivity contribution in [1.29, 1.82) is 0 Å². The van der Waals surface area contributed by atoms with E-state index in [4.69, 9.17) is 4.74 Å². The van der Waals surface area contributed by atoms with Crippen LogP contribution in [0.1, 0.15) is 37.3 Å². The first-order valence-electron chi connectivity index (χ1n) is 9.76. The molecule has 1 fully saturated rings. The monoisotopic (exact) mass is 359 g/mol. The molecular weight excluding hydrogens is 334 g/mol. The smallest absolute Gasteiger partial charge is 0.258 e. The number of ether oxygens (including phenoxy) is 1. The molecule has 27 heavy (non-hydrogen) atoms. The Morgan fingerprint density at radius 3 is 2.44 bits per heavy atom. The van der Waals surface area contributed by atoms with Crippen LogP contribution in [0.15, 0.2) is 72.8 Å². The van der Waals surface area contributed by atoms with Gasteiger partial charge >= 0.3 is 0 Å². The Kier molecular flexibility index (Phi) is 5.38. The van der Waals surface area contributed by atoms with Crippen molar-refractivity contribution in [2.75, 3.05) is 6.61 Å². The van der Waals surface area contributed by atoms with E-state index in [-0.39, 0.29) is 18.6 Å². The second-order valence-corrected chi connectivity index (χ2v) is 7.27. The molecule has 1 N–H and O–H groups in total. The van der Waals surface area contributed by atoms with Crippen molar-refractivity contribution in [2.24, 2.45) is 5.92 Å². The first-order chi connectivity index (χ1) is 13.3. The molecule has 138 valence electrons. The first-order valence-corrected chi connectivity index (χ1v) is 9.76. The Balaban J connectivity index is 1.45. The topological polar surface area (TPSA) is 38.3 Å². The Labute approximate surface area is 160 Å². The average molecular weight is 359 g/mol. The third-order valence-electron chi connectivity index (χ3n) is 5.45. The van der Waals surface area contributed by atoms with Crippen molar-refractivity contribution < 1.29 is 9.53 Å². The fourth-order valence-electron chi connectivity index (χ4n) is 4.10. The van der Waals surface area contributed by atoms with E-state index >= 15 is 0 Å². The molecule has 0 bridgehead atoms. The number of nitrogens with one attached hydrogen (secondary N) is 1. The second kappa shape index (κ2) is 8.26. The summed E-state index contributed by atoms with van der Waals surface area (Å²) in [6, 6.07) is 24.4. The minimum atomic E-state index is -0.0660. The van der Waals surface area contributed by atoms with E-state index < -0.39 is 0 Å². The number of rotatable bonds is 6. The Bertz CT molecular complexity index is 895. The highest BCUT2D eigenvalue weighted by Gasteiger charge is 2.27. The summed E-state index contributed by atoms with van der Waals surface area (Å²) < 4.78 is 5.87. The molecule has 1 saturated carbocycles. The minimum Gasteiger partial charge on any atom is -0.483 e. The molecule has 0 radical (unpaired) electrons. The van der Waals surface area contributed by atoms with Crippen molar-refractivity contribution in [3.05, 3.63) is 78.4 Å². The Hall–Kier alpha value is -2.81. The zero-order valence-electron chi connectivity index (χ0n) is 15.4. The molecule has 3 aromatic rings. The molecule has 1 atom stereocenters. The van der Waals surface area contributed by atoms with Crippen LogP contribution in [-0.4, -0.2) is 12.5 Å². The third kappa shape index (κ3) is 4.13. The van der Waals surface area contributed by atoms with Crippen molar-refractivity contribution >= 4 is 16.7 Å². The lowest BCUT2D eigenvalue weighted by Gasteiger charge is -2.25. The van der Waals surface area contributed by atoms with Gasteiger partial charge in [0.2, 0.25) is 0 Å². The lowest BCUT2D eigenvalue weighted by molar-refractivity contribution is -0.124. The summed E-state index contributed by atoms with van der Waals surface area (Å²) >= 11 is 0. The Morgan fingerprint density at radius 2 is 1.63 bits per heavy atom. The molecule has 3 heteroatoms. The molecule has 0 heterocycles. The van der Waals surface area contributed by atoms with Gasteiger partial charge in [0.1, 0.15) is 5.75 Å². The summed E-state index contributed by atoms with van der Waals surface area (Å²) in [6.07, 6.45) is 4.83. The predicted octanol–water partition coefficient (Wildman–Crippen LogP) is 5.27. The Morgan fingerprint density at radius 1 is 0.926 bits per heavy atom. The minimum absolute atomic E-state index is 0.0318. The van der Waals surface area contributed by atoms with Crippen LogP contribution in [0.3, 0.4) is 0 Å². The van der Waals surface area contributed by atoms with Crippen LogP contribution in [0.5, 0.6) is 5.75 Å². The summed E-state index contributed by atoms with van der Waals surface area (Å²) in [5.41, 5.74) is 1.18. The zero-order chi connectivity index (χ0) is 18.5. The maximum atomic E-state index is 12.7. The molecular formula is C24H25NO2. The highest BCUT2D eigenvalue weighted by atomic mass is 16.5. The molecule has 0 aliphatic heterocycles. The maximum absolute atomic E-state index is 12.7. The van der Waals surface area contributed by atoms with E-state index in [1.807, 2.05) is 60.7 Å². The van der Waals surface area contributed by atoms with Crippen LogP contribution >= 0.6 is 0 Å². The molecule has 0 unspecified atom stereocenters. The normalized spacial score (nSPS) is 15.6. The predicted molar refractivity (Wildman–Crippen MR) is 109 cm³/mol. The van der Waals surface area contributed by atoms with Gasteiger partial charge in [-0.3, -0.25) is 4.79 Å². The van der Waals surface area contributed by atoms with Crippen LogP contribution in [-0.2, 0) is 4.79 Å². The molecule has 0 spiro atoms. The molecule has 3 nitrogen and oxygen atoms in total. The van der Waals surface area contributed by atoms with Crippen LogP contribution in [0, 0.1) is 5.92 Å². The van der Waals surface area contributed by atoms with Gasteiger partial charge in [-0.25, -0.2) is 0 Å². The van der Waals surface area contributed by atoms with Gasteiger partial charge in [0, 0.05) is 5.39 Å². The number of carbonyl (C=O) groups is 1. The van der Waals surface area contributed by atoms with Gasteiger partial charge in [-0.1, -0.05) is 79.6 Å². The zero-order valence-corrected chi connectivity index (χ0v) is 15.4. The van der Waals surface area contributed by atoms with Crippen LogP contribution in [0.4, 0.5) is 0 Å². The van der Waals surface area contributed by atoms with E-state index in [1.54, 1.807) is 0 Å². The molecule has 4 rings (SSSR count). The van der Waals surface area contributed by atoms with Gasteiger partial charge in [-0.05, 0) is 35.8 Å². The van der Waals surface area contributed by atoms with E-state index in [1.165, 1.54) is 31.2 Å². The van der Waals surface area contributed by atoms with E-state index in [0.29, 0.717) is 5.92 Å². The van der Waals surface area contributed by atoms with Gasteiger partial charge in [-0.2, -0.15) is 0 Å². The van der Waals surface area contributed by atoms with Crippen molar-refractivity contribution in [1.82, 2.24) is 5.32 Å². The number of fused-ring (bicyclic) bond motifs is 1. The average Bonchev–Trinajstić information content (AvgIpc) is 3.25. The number of amides is 1. The molecule has 3 aromatic carbocycles. The second-order valence-electron chi connectivity index (χ2n) is 7.27. The summed E-state index contributed by atoms with van der Waals surface area (Å²) in [4.78, 5) is 12.7. The first kappa shape index (κ1) is 17.6. The molecule has 0 saturated heterocycles. The maximum Gasteiger partial charge on any atom is 0.258 e. The van der Waals surface area contributed by atoms with E-state index in [9.17, 15) is 4.79 Å². The molecule has 0 aromatic heterocycles. The SMILES string of the molecule is O=C(COc1cccc2ccccc12)N[C@H](c1ccccc1)C1CCCC1. The van der Waals surface area contributed by atoms with E-state index in [2.05, 4.69) is 17.4 Å². The van der Waals surface area contributed by atoms with Gasteiger partial charge in [-0.15, -0.1) is 0 Å². The summed E-state index contributed by atoms with van der Waals surface area (Å²) in [6.45, 7) is 0.0318. The van der Waals surface area contributed by atoms with Gasteiger partial charge in [0.15, 0.2) is 6.61 Å². The third-order valence-corrected chi connectivity index (χ3v) is 5.45. The summed E-state index contributed by atoms with van der Waals surface area (Å²) in [5, 5.41) is 5.37. The fourth-order valence-corrected chi connectivity index (χ4v) is 4.10. The van der Waals surface area contributed by atoms with Crippen LogP contribution < -0.4 is 10.1 Å². The highest BCUT2D eigenvalue weighted by Crippen LogP contribution is 2.35. The summed E-state index contributed by atoms with van der Waals surface area (Å²) in [5.74, 6) is 1.19. The van der Waals surface area contributed by atoms with Gasteiger partial charge < -0.3 is 10.1 Å². The quantitative estimate of drug-likeness (QED) is 0.651. The fraction of sp³-hybridized carbons (Fsp3) is 0.292. The number of carbonyl (C=O) groups excluding carboxylic acids is 1. The van der Waals surface area contributed by atoms with Gasteiger partial charge in [0.05, 0.1) is 6.04 Å². The highest BCUT2D eigenvalue weighted by molar-refractivity contribution is 5.88. The van der Waals surface area contributed by atoms with Gasteiger partial charge in [0.25, 0.3) is 5.91 Å². The molecule has 1 amide bonds. The van der Waals surface area contributed by atoms with Crippen molar-refractivity contribution in [3.63, 3.8) is 0 Å². The lowest BCUT2D eigenvalue weighted by atomic mass is 9.91. The van der Waals surface area contributed by atoms with E-state index in [0.717, 1.165) is 16.5 Å². The standard InChI is InChI=1S/C24H25NO2/c26-23(17-27-22-16-8-14-18-9-6-7-15-21(18)22)25-24(20-12-4-5-13-20)19-10-2-1-3-11-19/h1-3,6-11,14-16,20,24H,4-5,12-13,17H2,(H,25,26)/t24-/m1/s1. The number of benzene rings is 3. The van der Waals surface area contributed by atoms with Crippen molar-refractivity contribution in [2.45, 2.75) is 31.7 Å². The molecule has 1 aliphatic rings. The molecule has 1 aliphatic carbocycles. The largest absolute Gasteiger partial charge is 0.483 e. The van der Waals surface area contributed by atoms with Crippen molar-refractivity contribution in [3.8, 4) is 5.75 Å². The van der Waals surface area contributed by atoms with Crippen LogP contribution in [0.2, 0.25) is 0 Å².